The van der Waals surface area contributed by atoms with Gasteiger partial charge in [-0.15, -0.1) is 0 Å². The maximum atomic E-state index is 12.0. The largest absolute Gasteiger partial charge is 0.435 e. The molecule has 0 amide bonds. The summed E-state index contributed by atoms with van der Waals surface area (Å²) >= 11 is 0. The van der Waals surface area contributed by atoms with Crippen LogP contribution in [0.25, 0.3) is 0 Å². The molecule has 0 saturated heterocycles. The molecule has 1 unspecified atom stereocenters. The van der Waals surface area contributed by atoms with Crippen LogP contribution in [0.15, 0.2) is 36.4 Å². The van der Waals surface area contributed by atoms with Crippen molar-refractivity contribution in [2.45, 2.75) is 19.6 Å². The van der Waals surface area contributed by atoms with E-state index < -0.39 is 6.61 Å². The van der Waals surface area contributed by atoms with Gasteiger partial charge in [-0.3, -0.25) is 0 Å². The van der Waals surface area contributed by atoms with Crippen molar-refractivity contribution >= 4 is 0 Å². The van der Waals surface area contributed by atoms with E-state index in [1.165, 1.54) is 12.1 Å². The maximum Gasteiger partial charge on any atom is 0.387 e. The van der Waals surface area contributed by atoms with Crippen LogP contribution in [0.3, 0.4) is 0 Å². The van der Waals surface area contributed by atoms with E-state index in [-0.39, 0.29) is 11.8 Å². The molecule has 1 aromatic carbocycles. The summed E-state index contributed by atoms with van der Waals surface area (Å²) in [6.45, 7) is 3.99. The Balaban J connectivity index is 2.66. The number of nitrogens with one attached hydrogen (secondary N) is 1. The summed E-state index contributed by atoms with van der Waals surface area (Å²) in [6, 6.07) is 6.43. The van der Waals surface area contributed by atoms with Crippen molar-refractivity contribution in [2.24, 2.45) is 5.73 Å². The van der Waals surface area contributed by atoms with Crippen LogP contribution in [0.4, 0.5) is 8.78 Å². The van der Waals surface area contributed by atoms with Gasteiger partial charge in [-0.25, -0.2) is 0 Å². The summed E-state index contributed by atoms with van der Waals surface area (Å²) in [5.74, 6) is 0.143. The van der Waals surface area contributed by atoms with Gasteiger partial charge in [0.15, 0.2) is 0 Å². The predicted molar refractivity (Wildman–Crippen MR) is 67.7 cm³/mol. The molecule has 0 aliphatic carbocycles. The molecule has 18 heavy (non-hydrogen) atoms. The van der Waals surface area contributed by atoms with Gasteiger partial charge in [-0.1, -0.05) is 24.3 Å². The average molecular weight is 256 g/mol. The van der Waals surface area contributed by atoms with Gasteiger partial charge in [0, 0.05) is 19.1 Å². The smallest absolute Gasteiger partial charge is 0.387 e. The van der Waals surface area contributed by atoms with Crippen LogP contribution in [0.1, 0.15) is 18.5 Å². The van der Waals surface area contributed by atoms with Crippen LogP contribution in [0, 0.1) is 0 Å². The first-order valence-corrected chi connectivity index (χ1v) is 5.65. The molecule has 0 aliphatic heterocycles. The second kappa shape index (κ2) is 7.08. The van der Waals surface area contributed by atoms with Crippen molar-refractivity contribution in [1.82, 2.24) is 5.32 Å². The number of hydrogen-bond donors (Lipinski definition) is 2. The molecule has 1 rings (SSSR count). The molecule has 3 N–H and O–H groups in total. The third kappa shape index (κ3) is 4.81. The van der Waals surface area contributed by atoms with E-state index in [2.05, 4.69) is 16.6 Å². The number of benzene rings is 1. The van der Waals surface area contributed by atoms with Crippen molar-refractivity contribution < 1.29 is 13.5 Å². The number of rotatable bonds is 7. The molecular weight excluding hydrogens is 238 g/mol. The summed E-state index contributed by atoms with van der Waals surface area (Å²) in [7, 11) is 0. The number of ether oxygens (including phenoxy) is 1. The molecule has 0 spiro atoms. The fourth-order valence-corrected chi connectivity index (χ4v) is 1.52. The molecule has 1 atom stereocenters. The molecule has 0 radical (unpaired) electrons. The highest BCUT2D eigenvalue weighted by Crippen LogP contribution is 2.19. The van der Waals surface area contributed by atoms with E-state index in [1.807, 2.05) is 6.92 Å². The Bertz CT molecular complexity index is 379. The van der Waals surface area contributed by atoms with Crippen molar-refractivity contribution in [3.8, 4) is 5.75 Å². The van der Waals surface area contributed by atoms with Crippen LogP contribution in [0.5, 0.6) is 5.75 Å². The monoisotopic (exact) mass is 256 g/mol. The SMILES string of the molecule is C=C(C)CNC(CN)c1ccc(OC(F)F)cc1. The topological polar surface area (TPSA) is 47.3 Å². The average Bonchev–Trinajstić information content (AvgIpc) is 2.31. The molecule has 100 valence electrons. The maximum absolute atomic E-state index is 12.0. The molecule has 0 heterocycles. The van der Waals surface area contributed by atoms with Crippen molar-refractivity contribution in [3.63, 3.8) is 0 Å². The predicted octanol–water partition coefficient (Wildman–Crippen LogP) is 2.45. The third-order valence-electron chi connectivity index (χ3n) is 2.39. The fourth-order valence-electron chi connectivity index (χ4n) is 1.52. The lowest BCUT2D eigenvalue weighted by Crippen LogP contribution is -2.29. The lowest BCUT2D eigenvalue weighted by atomic mass is 10.1. The van der Waals surface area contributed by atoms with E-state index in [1.54, 1.807) is 12.1 Å². The first-order chi connectivity index (χ1) is 8.52. The van der Waals surface area contributed by atoms with Crippen molar-refractivity contribution in [3.05, 3.63) is 42.0 Å². The van der Waals surface area contributed by atoms with Gasteiger partial charge in [-0.2, -0.15) is 8.78 Å². The Labute approximate surface area is 106 Å². The second-order valence-electron chi connectivity index (χ2n) is 4.07. The molecule has 0 aliphatic rings. The van der Waals surface area contributed by atoms with Gasteiger partial charge >= 0.3 is 6.61 Å². The van der Waals surface area contributed by atoms with E-state index >= 15 is 0 Å². The standard InChI is InChI=1S/C13H18F2N2O/c1-9(2)8-17-12(7-16)10-3-5-11(6-4-10)18-13(14)15/h3-6,12-13,17H,1,7-8,16H2,2H3. The van der Waals surface area contributed by atoms with Crippen LogP contribution < -0.4 is 15.8 Å². The van der Waals surface area contributed by atoms with E-state index in [0.717, 1.165) is 11.1 Å². The van der Waals surface area contributed by atoms with Gasteiger partial charge in [0.2, 0.25) is 0 Å². The van der Waals surface area contributed by atoms with Gasteiger partial charge in [-0.05, 0) is 24.6 Å². The number of hydrogen-bond acceptors (Lipinski definition) is 3. The molecule has 0 bridgehead atoms. The molecule has 0 saturated carbocycles. The Morgan fingerprint density at radius 1 is 1.39 bits per heavy atom. The zero-order chi connectivity index (χ0) is 13.5. The first kappa shape index (κ1) is 14.6. The van der Waals surface area contributed by atoms with Gasteiger partial charge in [0.1, 0.15) is 5.75 Å². The zero-order valence-corrected chi connectivity index (χ0v) is 10.3. The minimum atomic E-state index is -2.80. The Kier molecular flexibility index (Phi) is 5.74. The van der Waals surface area contributed by atoms with Crippen LogP contribution in [-0.4, -0.2) is 19.7 Å². The van der Waals surface area contributed by atoms with Gasteiger partial charge < -0.3 is 15.8 Å². The minimum absolute atomic E-state index is 0.0256. The number of halogens is 2. The Hall–Kier alpha value is -1.46. The summed E-state index contributed by atoms with van der Waals surface area (Å²) in [5, 5.41) is 3.23. The lowest BCUT2D eigenvalue weighted by molar-refractivity contribution is -0.0498. The van der Waals surface area contributed by atoms with Crippen LogP contribution in [-0.2, 0) is 0 Å². The first-order valence-electron chi connectivity index (χ1n) is 5.65. The molecule has 0 aromatic heterocycles. The van der Waals surface area contributed by atoms with Crippen LogP contribution in [0.2, 0.25) is 0 Å². The minimum Gasteiger partial charge on any atom is -0.435 e. The Morgan fingerprint density at radius 3 is 2.44 bits per heavy atom. The highest BCUT2D eigenvalue weighted by molar-refractivity contribution is 5.29. The molecule has 1 aromatic rings. The highest BCUT2D eigenvalue weighted by Gasteiger charge is 2.10. The number of alkyl halides is 2. The van der Waals surface area contributed by atoms with E-state index in [0.29, 0.717) is 13.1 Å². The zero-order valence-electron chi connectivity index (χ0n) is 10.3. The molecular formula is C13H18F2N2O. The van der Waals surface area contributed by atoms with E-state index in [9.17, 15) is 8.78 Å². The van der Waals surface area contributed by atoms with Crippen molar-refractivity contribution in [1.29, 1.82) is 0 Å². The Morgan fingerprint density at radius 2 is 2.00 bits per heavy atom. The highest BCUT2D eigenvalue weighted by atomic mass is 19.3. The van der Waals surface area contributed by atoms with Gasteiger partial charge in [0.05, 0.1) is 0 Å². The van der Waals surface area contributed by atoms with Gasteiger partial charge in [0.25, 0.3) is 0 Å². The summed E-state index contributed by atoms with van der Waals surface area (Å²) in [5.41, 5.74) is 7.60. The normalized spacial score (nSPS) is 12.5. The molecule has 3 nitrogen and oxygen atoms in total. The van der Waals surface area contributed by atoms with Crippen LogP contribution >= 0.6 is 0 Å². The van der Waals surface area contributed by atoms with Crippen molar-refractivity contribution in [2.75, 3.05) is 13.1 Å². The second-order valence-corrected chi connectivity index (χ2v) is 4.07. The lowest BCUT2D eigenvalue weighted by Gasteiger charge is -2.17. The quantitative estimate of drug-likeness (QED) is 0.737. The molecule has 0 fully saturated rings. The number of nitrogens with two attached hydrogens (primary N) is 1. The fraction of sp³-hybridized carbons (Fsp3) is 0.385. The third-order valence-corrected chi connectivity index (χ3v) is 2.39. The summed E-state index contributed by atoms with van der Waals surface area (Å²) in [6.07, 6.45) is 0. The summed E-state index contributed by atoms with van der Waals surface area (Å²) < 4.78 is 28.3. The van der Waals surface area contributed by atoms with E-state index in [4.69, 9.17) is 5.73 Å². The summed E-state index contributed by atoms with van der Waals surface area (Å²) in [4.78, 5) is 0. The molecule has 5 heteroatoms.